The number of pyridine rings is 1. The molecular formula is C15H16N4O2S. The molecule has 6 nitrogen and oxygen atoms in total. The number of para-hydroxylation sites is 1. The number of aromatic nitrogens is 3. The number of hydrogen-bond donors (Lipinski definition) is 1. The molecule has 2 heterocycles. The Bertz CT molecular complexity index is 926. The fourth-order valence-corrected chi connectivity index (χ4v) is 3.45. The smallest absolute Gasteiger partial charge is 0.243 e. The Morgan fingerprint density at radius 3 is 2.73 bits per heavy atom. The molecule has 0 amide bonds. The van der Waals surface area contributed by atoms with Gasteiger partial charge >= 0.3 is 0 Å². The Balaban J connectivity index is 1.94. The number of aryl methyl sites for hydroxylation is 1. The van der Waals surface area contributed by atoms with E-state index in [2.05, 4.69) is 14.8 Å². The summed E-state index contributed by atoms with van der Waals surface area (Å²) in [5, 5.41) is 4.90. The van der Waals surface area contributed by atoms with E-state index in [0.29, 0.717) is 5.52 Å². The van der Waals surface area contributed by atoms with Crippen LogP contribution < -0.4 is 4.72 Å². The molecular weight excluding hydrogens is 300 g/mol. The predicted molar refractivity (Wildman–Crippen MR) is 83.7 cm³/mol. The molecule has 7 heteroatoms. The third-order valence-corrected chi connectivity index (χ3v) is 5.11. The molecule has 0 unspecified atom stereocenters. The van der Waals surface area contributed by atoms with Gasteiger partial charge in [0, 0.05) is 36.4 Å². The van der Waals surface area contributed by atoms with Crippen molar-refractivity contribution in [3.8, 4) is 0 Å². The zero-order valence-electron chi connectivity index (χ0n) is 12.3. The van der Waals surface area contributed by atoms with Crippen LogP contribution in [0.3, 0.4) is 0 Å². The van der Waals surface area contributed by atoms with Crippen LogP contribution in [0.25, 0.3) is 10.9 Å². The molecule has 2 aromatic heterocycles. The molecule has 1 N–H and O–H groups in total. The number of sulfonamides is 1. The normalized spacial score (nSPS) is 11.9. The monoisotopic (exact) mass is 316 g/mol. The van der Waals surface area contributed by atoms with Crippen LogP contribution >= 0.6 is 0 Å². The molecule has 0 saturated carbocycles. The van der Waals surface area contributed by atoms with Gasteiger partial charge in [-0.05, 0) is 19.1 Å². The van der Waals surface area contributed by atoms with Crippen molar-refractivity contribution in [1.29, 1.82) is 0 Å². The maximum atomic E-state index is 12.6. The largest absolute Gasteiger partial charge is 0.273 e. The van der Waals surface area contributed by atoms with Crippen LogP contribution in [-0.4, -0.2) is 23.2 Å². The standard InChI is InChI=1S/C15H16N4O2S/c1-11-13(9-17-19(11)2)10-18-22(20,21)14-7-3-5-12-6-4-8-16-15(12)14/h3-9,18H,10H2,1-2H3. The van der Waals surface area contributed by atoms with Gasteiger partial charge in [0.2, 0.25) is 10.0 Å². The van der Waals surface area contributed by atoms with Crippen LogP contribution in [0, 0.1) is 6.92 Å². The highest BCUT2D eigenvalue weighted by Crippen LogP contribution is 2.20. The molecule has 3 rings (SSSR count). The Morgan fingerprint density at radius 1 is 1.23 bits per heavy atom. The molecule has 0 radical (unpaired) electrons. The van der Waals surface area contributed by atoms with Gasteiger partial charge in [-0.15, -0.1) is 0 Å². The summed E-state index contributed by atoms with van der Waals surface area (Å²) in [6.45, 7) is 2.10. The van der Waals surface area contributed by atoms with Gasteiger partial charge in [-0.1, -0.05) is 18.2 Å². The minimum atomic E-state index is -3.64. The van der Waals surface area contributed by atoms with Crippen molar-refractivity contribution >= 4 is 20.9 Å². The van der Waals surface area contributed by atoms with Crippen molar-refractivity contribution in [1.82, 2.24) is 19.5 Å². The minimum absolute atomic E-state index is 0.187. The highest BCUT2D eigenvalue weighted by atomic mass is 32.2. The zero-order chi connectivity index (χ0) is 15.7. The quantitative estimate of drug-likeness (QED) is 0.795. The fourth-order valence-electron chi connectivity index (χ4n) is 2.26. The molecule has 0 atom stereocenters. The summed E-state index contributed by atoms with van der Waals surface area (Å²) in [5.41, 5.74) is 2.25. The van der Waals surface area contributed by atoms with E-state index < -0.39 is 10.0 Å². The number of benzene rings is 1. The second-order valence-corrected chi connectivity index (χ2v) is 6.77. The summed E-state index contributed by atoms with van der Waals surface area (Å²) < 4.78 is 29.4. The average Bonchev–Trinajstić information content (AvgIpc) is 2.84. The maximum Gasteiger partial charge on any atom is 0.243 e. The minimum Gasteiger partial charge on any atom is -0.273 e. The number of nitrogens with zero attached hydrogens (tertiary/aromatic N) is 3. The molecule has 0 spiro atoms. The summed E-state index contributed by atoms with van der Waals surface area (Å²) in [7, 11) is -1.82. The zero-order valence-corrected chi connectivity index (χ0v) is 13.1. The fraction of sp³-hybridized carbons (Fsp3) is 0.200. The van der Waals surface area contributed by atoms with E-state index in [-0.39, 0.29) is 11.4 Å². The van der Waals surface area contributed by atoms with Gasteiger partial charge in [-0.2, -0.15) is 5.10 Å². The van der Waals surface area contributed by atoms with E-state index in [1.165, 1.54) is 0 Å². The molecule has 0 saturated heterocycles. The van der Waals surface area contributed by atoms with Crippen molar-refractivity contribution in [3.05, 3.63) is 54.0 Å². The molecule has 114 valence electrons. The van der Waals surface area contributed by atoms with Crippen molar-refractivity contribution in [2.75, 3.05) is 0 Å². The molecule has 0 fully saturated rings. The Kier molecular flexibility index (Phi) is 3.67. The van der Waals surface area contributed by atoms with Crippen molar-refractivity contribution in [2.24, 2.45) is 7.05 Å². The van der Waals surface area contributed by atoms with Gasteiger partial charge in [0.25, 0.3) is 0 Å². The molecule has 0 aliphatic rings. The van der Waals surface area contributed by atoms with E-state index >= 15 is 0 Å². The highest BCUT2D eigenvalue weighted by Gasteiger charge is 2.18. The van der Waals surface area contributed by atoms with Gasteiger partial charge in [-0.3, -0.25) is 9.67 Å². The first-order valence-electron chi connectivity index (χ1n) is 6.80. The SMILES string of the molecule is Cc1c(CNS(=O)(=O)c2cccc3cccnc23)cnn1C. The molecule has 0 aliphatic heterocycles. The average molecular weight is 316 g/mol. The Morgan fingerprint density at radius 2 is 2.00 bits per heavy atom. The summed E-state index contributed by atoms with van der Waals surface area (Å²) in [4.78, 5) is 4.38. The Labute approximate surface area is 128 Å². The van der Waals surface area contributed by atoms with Crippen molar-refractivity contribution < 1.29 is 8.42 Å². The second-order valence-electron chi connectivity index (χ2n) is 5.03. The van der Waals surface area contributed by atoms with E-state index in [9.17, 15) is 8.42 Å². The summed E-state index contributed by atoms with van der Waals surface area (Å²) in [6, 6.07) is 8.74. The number of hydrogen-bond acceptors (Lipinski definition) is 4. The van der Waals surface area contributed by atoms with Crippen LogP contribution in [0.2, 0.25) is 0 Å². The van der Waals surface area contributed by atoms with Crippen molar-refractivity contribution in [2.45, 2.75) is 18.4 Å². The summed E-state index contributed by atoms with van der Waals surface area (Å²) in [5.74, 6) is 0. The van der Waals surface area contributed by atoms with E-state index in [1.54, 1.807) is 35.3 Å². The number of nitrogens with one attached hydrogen (secondary N) is 1. The lowest BCUT2D eigenvalue weighted by molar-refractivity contribution is 0.582. The summed E-state index contributed by atoms with van der Waals surface area (Å²) in [6.07, 6.45) is 3.26. The van der Waals surface area contributed by atoms with Crippen LogP contribution in [0.4, 0.5) is 0 Å². The molecule has 3 aromatic rings. The van der Waals surface area contributed by atoms with Gasteiger partial charge in [0.1, 0.15) is 4.90 Å². The molecule has 22 heavy (non-hydrogen) atoms. The van der Waals surface area contributed by atoms with E-state index in [1.807, 2.05) is 26.1 Å². The maximum absolute atomic E-state index is 12.6. The first-order chi connectivity index (χ1) is 10.5. The lowest BCUT2D eigenvalue weighted by atomic mass is 10.2. The van der Waals surface area contributed by atoms with Gasteiger partial charge in [0.15, 0.2) is 0 Å². The first-order valence-corrected chi connectivity index (χ1v) is 8.28. The number of fused-ring (bicyclic) bond motifs is 1. The first kappa shape index (κ1) is 14.7. The Hall–Kier alpha value is -2.25. The summed E-state index contributed by atoms with van der Waals surface area (Å²) >= 11 is 0. The van der Waals surface area contributed by atoms with Gasteiger partial charge < -0.3 is 0 Å². The van der Waals surface area contributed by atoms with Crippen molar-refractivity contribution in [3.63, 3.8) is 0 Å². The molecule has 0 bridgehead atoms. The second kappa shape index (κ2) is 5.51. The molecule has 1 aromatic carbocycles. The van der Waals surface area contributed by atoms with Gasteiger partial charge in [-0.25, -0.2) is 13.1 Å². The lowest BCUT2D eigenvalue weighted by Crippen LogP contribution is -2.23. The topological polar surface area (TPSA) is 76.9 Å². The number of rotatable bonds is 4. The van der Waals surface area contributed by atoms with Crippen LogP contribution in [-0.2, 0) is 23.6 Å². The third kappa shape index (κ3) is 2.60. The van der Waals surface area contributed by atoms with Gasteiger partial charge in [0.05, 0.1) is 11.7 Å². The van der Waals surface area contributed by atoms with Crippen LogP contribution in [0.1, 0.15) is 11.3 Å². The van der Waals surface area contributed by atoms with Crippen LogP contribution in [0.15, 0.2) is 47.6 Å². The third-order valence-electron chi connectivity index (χ3n) is 3.67. The lowest BCUT2D eigenvalue weighted by Gasteiger charge is -2.08. The predicted octanol–water partition coefficient (Wildman–Crippen LogP) is 1.76. The van der Waals surface area contributed by atoms with E-state index in [4.69, 9.17) is 0 Å². The van der Waals surface area contributed by atoms with Crippen LogP contribution in [0.5, 0.6) is 0 Å². The molecule has 0 aliphatic carbocycles. The highest BCUT2D eigenvalue weighted by molar-refractivity contribution is 7.89. The van der Waals surface area contributed by atoms with E-state index in [0.717, 1.165) is 16.6 Å².